The number of sulfone groups is 1. The lowest BCUT2D eigenvalue weighted by atomic mass is 10.1. The minimum Gasteiger partial charge on any atom is -0.369 e. The van der Waals surface area contributed by atoms with Crippen LogP contribution in [0.25, 0.3) is 0 Å². The Balaban J connectivity index is 2.37. The van der Waals surface area contributed by atoms with Crippen LogP contribution in [0.1, 0.15) is 25.8 Å². The van der Waals surface area contributed by atoms with Gasteiger partial charge in [-0.05, 0) is 26.3 Å². The smallest absolute Gasteiger partial charge is 0.270 e. The maximum Gasteiger partial charge on any atom is 0.270 e. The van der Waals surface area contributed by atoms with Crippen molar-refractivity contribution in [3.8, 4) is 6.07 Å². The summed E-state index contributed by atoms with van der Waals surface area (Å²) >= 11 is 0. The number of anilines is 1. The lowest BCUT2D eigenvalue weighted by molar-refractivity contribution is -0.384. The van der Waals surface area contributed by atoms with Gasteiger partial charge in [-0.3, -0.25) is 10.1 Å². The SMILES string of the molecule is CC1(C)CCN(c2ccc([N+](=O)[O-])cc2C#N)CCS1(=O)=O. The molecule has 0 bridgehead atoms. The van der Waals surface area contributed by atoms with E-state index in [1.54, 1.807) is 13.8 Å². The van der Waals surface area contributed by atoms with Gasteiger partial charge in [0.25, 0.3) is 5.69 Å². The standard InChI is InChI=1S/C14H17N3O4S/c1-14(2)5-6-16(7-8-22(14,20)21)13-4-3-12(17(18)19)9-11(13)10-15/h3-4,9H,5-8H2,1-2H3. The maximum absolute atomic E-state index is 12.2. The first-order valence-electron chi connectivity index (χ1n) is 6.84. The molecule has 22 heavy (non-hydrogen) atoms. The lowest BCUT2D eigenvalue weighted by Gasteiger charge is -2.24. The Kier molecular flexibility index (Phi) is 4.11. The zero-order chi connectivity index (χ0) is 16.5. The number of non-ortho nitro benzene ring substituents is 1. The van der Waals surface area contributed by atoms with E-state index in [0.29, 0.717) is 18.7 Å². The number of rotatable bonds is 2. The molecule has 7 nitrogen and oxygen atoms in total. The molecule has 1 heterocycles. The Labute approximate surface area is 129 Å². The van der Waals surface area contributed by atoms with Crippen molar-refractivity contribution in [2.45, 2.75) is 25.0 Å². The summed E-state index contributed by atoms with van der Waals surface area (Å²) in [5.74, 6) is 0.00184. The summed E-state index contributed by atoms with van der Waals surface area (Å²) in [5, 5.41) is 20.0. The quantitative estimate of drug-likeness (QED) is 0.608. The van der Waals surface area contributed by atoms with Gasteiger partial charge in [-0.15, -0.1) is 0 Å². The van der Waals surface area contributed by atoms with Gasteiger partial charge in [-0.25, -0.2) is 8.42 Å². The Morgan fingerprint density at radius 1 is 1.36 bits per heavy atom. The second-order valence-electron chi connectivity index (χ2n) is 5.89. The van der Waals surface area contributed by atoms with E-state index in [1.807, 2.05) is 11.0 Å². The largest absolute Gasteiger partial charge is 0.369 e. The van der Waals surface area contributed by atoms with Crippen LogP contribution in [0.2, 0.25) is 0 Å². The molecule has 0 amide bonds. The summed E-state index contributed by atoms with van der Waals surface area (Å²) in [4.78, 5) is 12.0. The molecule has 0 spiro atoms. The van der Waals surface area contributed by atoms with Gasteiger partial charge in [0.1, 0.15) is 6.07 Å². The van der Waals surface area contributed by atoms with E-state index >= 15 is 0 Å². The molecule has 2 rings (SSSR count). The third kappa shape index (κ3) is 2.90. The zero-order valence-corrected chi connectivity index (χ0v) is 13.3. The highest BCUT2D eigenvalue weighted by Crippen LogP contribution is 2.30. The summed E-state index contributed by atoms with van der Waals surface area (Å²) in [5.41, 5.74) is 0.579. The van der Waals surface area contributed by atoms with Crippen LogP contribution < -0.4 is 4.90 Å². The van der Waals surface area contributed by atoms with Gasteiger partial charge in [0.2, 0.25) is 0 Å². The van der Waals surface area contributed by atoms with Gasteiger partial charge < -0.3 is 4.90 Å². The maximum atomic E-state index is 12.2. The van der Waals surface area contributed by atoms with Crippen molar-refractivity contribution in [2.75, 3.05) is 23.7 Å². The molecule has 0 radical (unpaired) electrons. The van der Waals surface area contributed by atoms with E-state index in [9.17, 15) is 23.8 Å². The normalized spacial score (nSPS) is 20.0. The number of nitro groups is 1. The minimum absolute atomic E-state index is 0.00184. The van der Waals surface area contributed by atoms with Crippen molar-refractivity contribution >= 4 is 21.2 Å². The van der Waals surface area contributed by atoms with Crippen molar-refractivity contribution < 1.29 is 13.3 Å². The molecule has 1 aliphatic rings. The van der Waals surface area contributed by atoms with Gasteiger partial charge >= 0.3 is 0 Å². The number of nitro benzene ring substituents is 1. The summed E-state index contributed by atoms with van der Waals surface area (Å²) < 4.78 is 23.6. The van der Waals surface area contributed by atoms with E-state index in [1.165, 1.54) is 18.2 Å². The van der Waals surface area contributed by atoms with Crippen LogP contribution in [-0.2, 0) is 9.84 Å². The molecule has 8 heteroatoms. The number of nitrogens with zero attached hydrogens (tertiary/aromatic N) is 3. The van der Waals surface area contributed by atoms with Crippen molar-refractivity contribution in [1.82, 2.24) is 0 Å². The molecule has 0 aromatic heterocycles. The highest BCUT2D eigenvalue weighted by atomic mass is 32.2. The van der Waals surface area contributed by atoms with Crippen LogP contribution in [-0.4, -0.2) is 36.9 Å². The van der Waals surface area contributed by atoms with Gasteiger partial charge in [-0.2, -0.15) is 5.26 Å². The monoisotopic (exact) mass is 323 g/mol. The van der Waals surface area contributed by atoms with Gasteiger partial charge in [0.15, 0.2) is 9.84 Å². The molecule has 1 aromatic rings. The molecule has 0 saturated carbocycles. The molecule has 0 atom stereocenters. The van der Waals surface area contributed by atoms with E-state index in [4.69, 9.17) is 0 Å². The Hall–Kier alpha value is -2.14. The van der Waals surface area contributed by atoms with E-state index < -0.39 is 19.5 Å². The molecule has 1 fully saturated rings. The predicted molar refractivity (Wildman–Crippen MR) is 82.5 cm³/mol. The predicted octanol–water partition coefficient (Wildman–Crippen LogP) is 1.87. The van der Waals surface area contributed by atoms with E-state index in [0.717, 1.165) is 0 Å². The van der Waals surface area contributed by atoms with E-state index in [-0.39, 0.29) is 23.5 Å². The first kappa shape index (κ1) is 16.2. The molecule has 0 aliphatic carbocycles. The molecule has 0 N–H and O–H groups in total. The number of nitriles is 1. The van der Waals surface area contributed by atoms with Crippen LogP contribution >= 0.6 is 0 Å². The second kappa shape index (κ2) is 5.57. The zero-order valence-electron chi connectivity index (χ0n) is 12.4. The summed E-state index contributed by atoms with van der Waals surface area (Å²) in [6.45, 7) is 4.16. The highest BCUT2D eigenvalue weighted by Gasteiger charge is 2.37. The number of benzene rings is 1. The Morgan fingerprint density at radius 2 is 2.05 bits per heavy atom. The fourth-order valence-corrected chi connectivity index (χ4v) is 3.84. The lowest BCUT2D eigenvalue weighted by Crippen LogP contribution is -2.33. The number of hydrogen-bond acceptors (Lipinski definition) is 6. The van der Waals surface area contributed by atoms with Crippen molar-refractivity contribution in [1.29, 1.82) is 5.26 Å². The van der Waals surface area contributed by atoms with Gasteiger partial charge in [-0.1, -0.05) is 0 Å². The van der Waals surface area contributed by atoms with Crippen molar-refractivity contribution in [2.24, 2.45) is 0 Å². The molecule has 1 aliphatic heterocycles. The average molecular weight is 323 g/mol. The molecule has 1 saturated heterocycles. The third-order valence-corrected chi connectivity index (χ3v) is 6.72. The van der Waals surface area contributed by atoms with Crippen LogP contribution in [0.3, 0.4) is 0 Å². The van der Waals surface area contributed by atoms with E-state index in [2.05, 4.69) is 0 Å². The topological polar surface area (TPSA) is 104 Å². The summed E-state index contributed by atoms with van der Waals surface area (Å²) in [7, 11) is -3.21. The molecule has 1 aromatic carbocycles. The van der Waals surface area contributed by atoms with Crippen LogP contribution in [0.15, 0.2) is 18.2 Å². The summed E-state index contributed by atoms with van der Waals surface area (Å²) in [6.07, 6.45) is 0.442. The van der Waals surface area contributed by atoms with Crippen LogP contribution in [0.5, 0.6) is 0 Å². The first-order valence-corrected chi connectivity index (χ1v) is 8.49. The fraction of sp³-hybridized carbons (Fsp3) is 0.500. The Morgan fingerprint density at radius 3 is 2.64 bits per heavy atom. The van der Waals surface area contributed by atoms with Crippen LogP contribution in [0.4, 0.5) is 11.4 Å². The molecule has 0 unspecified atom stereocenters. The molecular weight excluding hydrogens is 306 g/mol. The molecular formula is C14H17N3O4S. The molecule has 118 valence electrons. The van der Waals surface area contributed by atoms with Gasteiger partial charge in [0.05, 0.1) is 26.7 Å². The average Bonchev–Trinajstić information content (AvgIpc) is 2.56. The first-order chi connectivity index (χ1) is 10.2. The minimum atomic E-state index is -3.21. The van der Waals surface area contributed by atoms with Crippen LogP contribution in [0, 0.1) is 21.4 Å². The van der Waals surface area contributed by atoms with Gasteiger partial charge in [0, 0.05) is 25.2 Å². The summed E-state index contributed by atoms with van der Waals surface area (Å²) in [6, 6.07) is 6.03. The highest BCUT2D eigenvalue weighted by molar-refractivity contribution is 7.92. The second-order valence-corrected chi connectivity index (χ2v) is 8.63. The van der Waals surface area contributed by atoms with Crippen molar-refractivity contribution in [3.63, 3.8) is 0 Å². The number of hydrogen-bond donors (Lipinski definition) is 0. The van der Waals surface area contributed by atoms with Crippen molar-refractivity contribution in [3.05, 3.63) is 33.9 Å². The Bertz CT molecular complexity index is 750. The fourth-order valence-electron chi connectivity index (χ4n) is 2.42. The third-order valence-electron chi connectivity index (χ3n) is 4.11.